The van der Waals surface area contributed by atoms with Gasteiger partial charge in [0.05, 0.1) is 12.0 Å². The third-order valence-electron chi connectivity index (χ3n) is 3.11. The van der Waals surface area contributed by atoms with Gasteiger partial charge in [-0.2, -0.15) is 13.2 Å². The van der Waals surface area contributed by atoms with Crippen molar-refractivity contribution in [1.29, 1.82) is 0 Å². The zero-order chi connectivity index (χ0) is 15.8. The van der Waals surface area contributed by atoms with Crippen molar-refractivity contribution in [3.63, 3.8) is 0 Å². The number of hydrogen-bond donors (Lipinski definition) is 2. The molecule has 9 heteroatoms. The SMILES string of the molecule is CNc1cc(C(F)(F)F)cc(NC2CC(=O)N(C)C2=O)n1. The minimum atomic E-state index is -4.53. The van der Waals surface area contributed by atoms with Crippen LogP contribution in [0.3, 0.4) is 0 Å². The van der Waals surface area contributed by atoms with Gasteiger partial charge in [0.2, 0.25) is 5.91 Å². The van der Waals surface area contributed by atoms with E-state index in [-0.39, 0.29) is 18.1 Å². The second-order valence-electron chi connectivity index (χ2n) is 4.57. The van der Waals surface area contributed by atoms with Gasteiger partial charge in [-0.1, -0.05) is 0 Å². The summed E-state index contributed by atoms with van der Waals surface area (Å²) in [6.45, 7) is 0. The molecule has 2 N–H and O–H groups in total. The number of hydrogen-bond acceptors (Lipinski definition) is 5. The van der Waals surface area contributed by atoms with Crippen LogP contribution in [0.5, 0.6) is 0 Å². The van der Waals surface area contributed by atoms with Crippen molar-refractivity contribution in [3.05, 3.63) is 17.7 Å². The van der Waals surface area contributed by atoms with Gasteiger partial charge in [-0.15, -0.1) is 0 Å². The van der Waals surface area contributed by atoms with E-state index in [1.165, 1.54) is 14.1 Å². The quantitative estimate of drug-likeness (QED) is 0.824. The van der Waals surface area contributed by atoms with Gasteiger partial charge in [-0.05, 0) is 12.1 Å². The van der Waals surface area contributed by atoms with Gasteiger partial charge in [-0.3, -0.25) is 14.5 Å². The van der Waals surface area contributed by atoms with Crippen LogP contribution in [0.2, 0.25) is 0 Å². The van der Waals surface area contributed by atoms with Gasteiger partial charge in [0.15, 0.2) is 0 Å². The number of imide groups is 1. The molecule has 1 unspecified atom stereocenters. The number of rotatable bonds is 3. The van der Waals surface area contributed by atoms with Crippen LogP contribution in [0.1, 0.15) is 12.0 Å². The van der Waals surface area contributed by atoms with Crippen LogP contribution >= 0.6 is 0 Å². The molecule has 0 aliphatic carbocycles. The Balaban J connectivity index is 2.28. The van der Waals surface area contributed by atoms with E-state index in [0.717, 1.165) is 17.0 Å². The summed E-state index contributed by atoms with van der Waals surface area (Å²) in [7, 11) is 2.76. The first kappa shape index (κ1) is 15.1. The highest BCUT2D eigenvalue weighted by Crippen LogP contribution is 2.32. The molecule has 1 saturated heterocycles. The minimum Gasteiger partial charge on any atom is -0.373 e. The van der Waals surface area contributed by atoms with E-state index in [0.29, 0.717) is 0 Å². The smallest absolute Gasteiger partial charge is 0.373 e. The molecule has 0 bridgehead atoms. The average molecular weight is 302 g/mol. The lowest BCUT2D eigenvalue weighted by Crippen LogP contribution is -2.32. The lowest BCUT2D eigenvalue weighted by molar-refractivity contribution is -0.138. The number of nitrogens with zero attached hydrogens (tertiary/aromatic N) is 2. The van der Waals surface area contributed by atoms with Crippen molar-refractivity contribution >= 4 is 23.5 Å². The highest BCUT2D eigenvalue weighted by Gasteiger charge is 2.37. The molecule has 1 aromatic rings. The molecule has 21 heavy (non-hydrogen) atoms. The van der Waals surface area contributed by atoms with Crippen molar-refractivity contribution in [2.45, 2.75) is 18.6 Å². The monoisotopic (exact) mass is 302 g/mol. The van der Waals surface area contributed by atoms with Gasteiger partial charge in [-0.25, -0.2) is 4.98 Å². The number of aromatic nitrogens is 1. The number of likely N-dealkylation sites (N-methyl/N-ethyl adjacent to an activating group) is 1. The number of likely N-dealkylation sites (tertiary alicyclic amines) is 1. The fraction of sp³-hybridized carbons (Fsp3) is 0.417. The van der Waals surface area contributed by atoms with Crippen LogP contribution in [0, 0.1) is 0 Å². The molecule has 0 saturated carbocycles. The molecule has 1 aliphatic rings. The van der Waals surface area contributed by atoms with Crippen LogP contribution in [0.15, 0.2) is 12.1 Å². The molecule has 0 spiro atoms. The normalized spacial score (nSPS) is 19.1. The second kappa shape index (κ2) is 5.23. The number of pyridine rings is 1. The van der Waals surface area contributed by atoms with Crippen molar-refractivity contribution < 1.29 is 22.8 Å². The van der Waals surface area contributed by atoms with Crippen molar-refractivity contribution in [2.24, 2.45) is 0 Å². The molecule has 1 fully saturated rings. The maximum atomic E-state index is 12.8. The molecule has 1 atom stereocenters. The molecule has 6 nitrogen and oxygen atoms in total. The van der Waals surface area contributed by atoms with Crippen molar-refractivity contribution in [2.75, 3.05) is 24.7 Å². The summed E-state index contributed by atoms with van der Waals surface area (Å²) >= 11 is 0. The lowest BCUT2D eigenvalue weighted by atomic mass is 10.2. The largest absolute Gasteiger partial charge is 0.416 e. The number of carbonyl (C=O) groups excluding carboxylic acids is 2. The summed E-state index contributed by atoms with van der Waals surface area (Å²) in [5, 5.41) is 5.10. The Kier molecular flexibility index (Phi) is 3.75. The third kappa shape index (κ3) is 3.06. The first-order valence-corrected chi connectivity index (χ1v) is 6.06. The Morgan fingerprint density at radius 1 is 1.29 bits per heavy atom. The van der Waals surface area contributed by atoms with Gasteiger partial charge in [0.1, 0.15) is 17.7 Å². The fourth-order valence-electron chi connectivity index (χ4n) is 1.94. The highest BCUT2D eigenvalue weighted by molar-refractivity contribution is 6.06. The van der Waals surface area contributed by atoms with E-state index in [4.69, 9.17) is 0 Å². The minimum absolute atomic E-state index is 0.0115. The Morgan fingerprint density at radius 3 is 2.38 bits per heavy atom. The third-order valence-corrected chi connectivity index (χ3v) is 3.11. The van der Waals surface area contributed by atoms with Gasteiger partial charge >= 0.3 is 6.18 Å². The Morgan fingerprint density at radius 2 is 1.90 bits per heavy atom. The molecule has 0 radical (unpaired) electrons. The Hall–Kier alpha value is -2.32. The predicted molar refractivity (Wildman–Crippen MR) is 68.6 cm³/mol. The van der Waals surface area contributed by atoms with Crippen LogP contribution in [0.4, 0.5) is 24.8 Å². The highest BCUT2D eigenvalue weighted by atomic mass is 19.4. The van der Waals surface area contributed by atoms with Crippen LogP contribution < -0.4 is 10.6 Å². The second-order valence-corrected chi connectivity index (χ2v) is 4.57. The van der Waals surface area contributed by atoms with Crippen LogP contribution in [0.25, 0.3) is 0 Å². The summed E-state index contributed by atoms with van der Waals surface area (Å²) in [5.74, 6) is -0.989. The number of carbonyl (C=O) groups is 2. The van der Waals surface area contributed by atoms with E-state index in [1.807, 2.05) is 0 Å². The fourth-order valence-corrected chi connectivity index (χ4v) is 1.94. The van der Waals surface area contributed by atoms with E-state index in [2.05, 4.69) is 15.6 Å². The van der Waals surface area contributed by atoms with Gasteiger partial charge in [0.25, 0.3) is 5.91 Å². The predicted octanol–water partition coefficient (Wildman–Crippen LogP) is 1.31. The van der Waals surface area contributed by atoms with Gasteiger partial charge in [0, 0.05) is 14.1 Å². The van der Waals surface area contributed by atoms with Gasteiger partial charge < -0.3 is 10.6 Å². The van der Waals surface area contributed by atoms with Crippen LogP contribution in [-0.4, -0.2) is 41.8 Å². The summed E-state index contributed by atoms with van der Waals surface area (Å²) in [6.07, 6.45) is -4.64. The number of nitrogens with one attached hydrogen (secondary N) is 2. The number of amides is 2. The summed E-state index contributed by atoms with van der Waals surface area (Å²) in [5.41, 5.74) is -0.894. The van der Waals surface area contributed by atoms with E-state index in [1.54, 1.807) is 0 Å². The standard InChI is InChI=1S/C12H13F3N4O2/c1-16-8-3-6(12(13,14)15)4-9(18-8)17-7-5-10(20)19(2)11(7)21/h3-4,7H,5H2,1-2H3,(H2,16,17,18). The van der Waals surface area contributed by atoms with E-state index in [9.17, 15) is 22.8 Å². The summed E-state index contributed by atoms with van der Waals surface area (Å²) < 4.78 is 38.4. The molecule has 114 valence electrons. The number of alkyl halides is 3. The number of anilines is 2. The molecule has 2 amide bonds. The lowest BCUT2D eigenvalue weighted by Gasteiger charge is -2.15. The average Bonchev–Trinajstić information content (AvgIpc) is 2.65. The topological polar surface area (TPSA) is 74.3 Å². The van der Waals surface area contributed by atoms with Crippen molar-refractivity contribution in [1.82, 2.24) is 9.88 Å². The molecule has 0 aromatic carbocycles. The Labute approximate surface area is 118 Å². The molecule has 2 heterocycles. The molecular weight excluding hydrogens is 289 g/mol. The van der Waals surface area contributed by atoms with E-state index >= 15 is 0 Å². The molecule has 2 rings (SSSR count). The number of halogens is 3. The molecular formula is C12H13F3N4O2. The molecule has 1 aromatic heterocycles. The summed E-state index contributed by atoms with van der Waals surface area (Å²) in [4.78, 5) is 28.0. The zero-order valence-electron chi connectivity index (χ0n) is 11.3. The van der Waals surface area contributed by atoms with E-state index < -0.39 is 29.6 Å². The zero-order valence-corrected chi connectivity index (χ0v) is 11.3. The van der Waals surface area contributed by atoms with Crippen LogP contribution in [-0.2, 0) is 15.8 Å². The Bertz CT molecular complexity index is 588. The maximum absolute atomic E-state index is 12.8. The molecule has 1 aliphatic heterocycles. The first-order chi connectivity index (χ1) is 9.72. The first-order valence-electron chi connectivity index (χ1n) is 6.06. The maximum Gasteiger partial charge on any atom is 0.416 e. The summed E-state index contributed by atoms with van der Waals surface area (Å²) in [6, 6.07) is 0.763. The van der Waals surface area contributed by atoms with Crippen molar-refractivity contribution in [3.8, 4) is 0 Å².